The van der Waals surface area contributed by atoms with Gasteiger partial charge in [0.1, 0.15) is 0 Å². The molecule has 1 aromatic heterocycles. The van der Waals surface area contributed by atoms with Crippen molar-refractivity contribution in [2.75, 3.05) is 5.32 Å². The lowest BCUT2D eigenvalue weighted by molar-refractivity contribution is -0.137. The number of hydrogen-bond acceptors (Lipinski definition) is 5. The lowest BCUT2D eigenvalue weighted by atomic mass is 10.1. The summed E-state index contributed by atoms with van der Waals surface area (Å²) in [4.78, 5) is 15.3. The SMILES string of the molecule is NS(=O)(=O)c1cc(NC(=O)Cc2ccccc2Cl)ccc1-c1csc(C(F)(F)F)n1. The summed E-state index contributed by atoms with van der Waals surface area (Å²) in [6, 6.07) is 10.4. The number of nitrogens with two attached hydrogens (primary N) is 1. The molecule has 0 aliphatic carbocycles. The quantitative estimate of drug-likeness (QED) is 0.574. The number of anilines is 1. The zero-order valence-corrected chi connectivity index (χ0v) is 17.3. The predicted octanol–water partition coefficient (Wildman–Crippen LogP) is 4.31. The second-order valence-electron chi connectivity index (χ2n) is 6.11. The van der Waals surface area contributed by atoms with Gasteiger partial charge in [-0.15, -0.1) is 11.3 Å². The van der Waals surface area contributed by atoms with Crippen molar-refractivity contribution in [2.24, 2.45) is 5.14 Å². The number of primary sulfonamides is 1. The highest BCUT2D eigenvalue weighted by atomic mass is 35.5. The molecule has 30 heavy (non-hydrogen) atoms. The first-order valence-electron chi connectivity index (χ1n) is 8.18. The summed E-state index contributed by atoms with van der Waals surface area (Å²) >= 11 is 6.35. The molecule has 3 N–H and O–H groups in total. The van der Waals surface area contributed by atoms with Crippen molar-refractivity contribution in [3.05, 3.63) is 63.4 Å². The van der Waals surface area contributed by atoms with E-state index in [1.165, 1.54) is 12.1 Å². The maximum Gasteiger partial charge on any atom is 0.443 e. The van der Waals surface area contributed by atoms with E-state index in [1.54, 1.807) is 24.3 Å². The number of thiazole rings is 1. The third-order valence-electron chi connectivity index (χ3n) is 3.90. The second kappa shape index (κ2) is 8.34. The van der Waals surface area contributed by atoms with E-state index in [1.807, 2.05) is 0 Å². The van der Waals surface area contributed by atoms with Crippen LogP contribution in [0.3, 0.4) is 0 Å². The van der Waals surface area contributed by atoms with Crippen molar-refractivity contribution in [1.82, 2.24) is 4.98 Å². The summed E-state index contributed by atoms with van der Waals surface area (Å²) in [5.41, 5.74) is 0.381. The van der Waals surface area contributed by atoms with Crippen molar-refractivity contribution in [2.45, 2.75) is 17.5 Å². The first-order chi connectivity index (χ1) is 13.9. The van der Waals surface area contributed by atoms with E-state index in [4.69, 9.17) is 16.7 Å². The van der Waals surface area contributed by atoms with E-state index in [9.17, 15) is 26.4 Å². The molecule has 12 heteroatoms. The monoisotopic (exact) mass is 475 g/mol. The second-order valence-corrected chi connectivity index (χ2v) is 8.90. The third kappa shape index (κ3) is 5.17. The van der Waals surface area contributed by atoms with Gasteiger partial charge in [-0.1, -0.05) is 29.8 Å². The van der Waals surface area contributed by atoms with Crippen LogP contribution in [0.25, 0.3) is 11.3 Å². The standard InChI is InChI=1S/C18H13ClF3N3O3S2/c19-13-4-2-1-3-10(13)7-16(26)24-11-5-6-12(15(8-11)30(23,27)28)14-9-29-17(25-14)18(20,21)22/h1-6,8-9H,7H2,(H,24,26)(H2,23,27,28). The molecule has 1 amide bonds. The fraction of sp³-hybridized carbons (Fsp3) is 0.111. The Kier molecular flexibility index (Phi) is 6.18. The molecule has 6 nitrogen and oxygen atoms in total. The number of sulfonamides is 1. The Balaban J connectivity index is 1.91. The Morgan fingerprint density at radius 1 is 1.20 bits per heavy atom. The van der Waals surface area contributed by atoms with Crippen molar-refractivity contribution in [1.29, 1.82) is 0 Å². The first kappa shape index (κ1) is 22.2. The molecular formula is C18H13ClF3N3O3S2. The number of carbonyl (C=O) groups excluding carboxylic acids is 1. The normalized spacial score (nSPS) is 12.0. The van der Waals surface area contributed by atoms with Gasteiger partial charge in [0.15, 0.2) is 5.01 Å². The van der Waals surface area contributed by atoms with Crippen LogP contribution in [0.15, 0.2) is 52.7 Å². The Hall–Kier alpha value is -2.47. The molecule has 1 heterocycles. The molecule has 158 valence electrons. The number of rotatable bonds is 5. The van der Waals surface area contributed by atoms with E-state index in [0.717, 1.165) is 11.4 Å². The minimum Gasteiger partial charge on any atom is -0.326 e. The van der Waals surface area contributed by atoms with Crippen molar-refractivity contribution in [3.63, 3.8) is 0 Å². The summed E-state index contributed by atoms with van der Waals surface area (Å²) in [5.74, 6) is -0.468. The maximum absolute atomic E-state index is 12.8. The summed E-state index contributed by atoms with van der Waals surface area (Å²) in [7, 11) is -4.32. The van der Waals surface area contributed by atoms with Gasteiger partial charge in [0.05, 0.1) is 17.0 Å². The minimum absolute atomic E-state index is 0.0623. The average Bonchev–Trinajstić information content (AvgIpc) is 3.13. The number of hydrogen-bond donors (Lipinski definition) is 2. The fourth-order valence-corrected chi connectivity index (χ4v) is 4.26. The highest BCUT2D eigenvalue weighted by Crippen LogP contribution is 2.36. The molecule has 0 atom stereocenters. The van der Waals surface area contributed by atoms with E-state index in [2.05, 4.69) is 10.3 Å². The molecule has 3 rings (SSSR count). The predicted molar refractivity (Wildman–Crippen MR) is 108 cm³/mol. The van der Waals surface area contributed by atoms with Crippen molar-refractivity contribution >= 4 is 44.6 Å². The van der Waals surface area contributed by atoms with Crippen LogP contribution in [0, 0.1) is 0 Å². The van der Waals surface area contributed by atoms with Crippen LogP contribution < -0.4 is 10.5 Å². The highest BCUT2D eigenvalue weighted by Gasteiger charge is 2.35. The lowest BCUT2D eigenvalue weighted by Crippen LogP contribution is -2.17. The van der Waals surface area contributed by atoms with Crippen LogP contribution in [0.4, 0.5) is 18.9 Å². The van der Waals surface area contributed by atoms with Crippen LogP contribution in [-0.2, 0) is 27.4 Å². The molecule has 0 fully saturated rings. The summed E-state index contributed by atoms with van der Waals surface area (Å²) < 4.78 is 62.5. The molecule has 0 aliphatic rings. The molecule has 0 bridgehead atoms. The van der Waals surface area contributed by atoms with Crippen LogP contribution in [-0.4, -0.2) is 19.3 Å². The van der Waals surface area contributed by atoms with Gasteiger partial charge >= 0.3 is 6.18 Å². The summed E-state index contributed by atoms with van der Waals surface area (Å²) in [5, 5.41) is 8.12. The van der Waals surface area contributed by atoms with E-state index in [0.29, 0.717) is 21.9 Å². The molecule has 3 aromatic rings. The molecule has 0 unspecified atom stereocenters. The molecular weight excluding hydrogens is 463 g/mol. The van der Waals surface area contributed by atoms with Gasteiger partial charge in [0.25, 0.3) is 0 Å². The number of nitrogens with zero attached hydrogens (tertiary/aromatic N) is 1. The molecule has 2 aromatic carbocycles. The van der Waals surface area contributed by atoms with Gasteiger partial charge < -0.3 is 5.32 Å². The van der Waals surface area contributed by atoms with E-state index in [-0.39, 0.29) is 23.4 Å². The fourth-order valence-electron chi connectivity index (χ4n) is 2.59. The zero-order chi connectivity index (χ0) is 22.1. The molecule has 0 radical (unpaired) electrons. The van der Waals surface area contributed by atoms with E-state index >= 15 is 0 Å². The number of amides is 1. The summed E-state index contributed by atoms with van der Waals surface area (Å²) in [6.45, 7) is 0. The Bertz CT molecular complexity index is 1210. The number of alkyl halides is 3. The smallest absolute Gasteiger partial charge is 0.326 e. The average molecular weight is 476 g/mol. The number of benzene rings is 2. The lowest BCUT2D eigenvalue weighted by Gasteiger charge is -2.11. The van der Waals surface area contributed by atoms with Gasteiger partial charge in [-0.2, -0.15) is 13.2 Å². The molecule has 0 saturated heterocycles. The van der Waals surface area contributed by atoms with Crippen LogP contribution in [0.1, 0.15) is 10.6 Å². The Morgan fingerprint density at radius 2 is 1.90 bits per heavy atom. The number of aromatic nitrogens is 1. The van der Waals surface area contributed by atoms with Crippen molar-refractivity contribution < 1.29 is 26.4 Å². The summed E-state index contributed by atoms with van der Waals surface area (Å²) in [6.07, 6.45) is -4.72. The largest absolute Gasteiger partial charge is 0.443 e. The van der Waals surface area contributed by atoms with Gasteiger partial charge in [-0.05, 0) is 29.8 Å². The van der Waals surface area contributed by atoms with Crippen LogP contribution in [0.2, 0.25) is 5.02 Å². The molecule has 0 saturated carbocycles. The maximum atomic E-state index is 12.8. The van der Waals surface area contributed by atoms with Crippen LogP contribution >= 0.6 is 22.9 Å². The highest BCUT2D eigenvalue weighted by molar-refractivity contribution is 7.89. The Labute approximate surface area is 178 Å². The third-order valence-corrected chi connectivity index (χ3v) is 6.11. The van der Waals surface area contributed by atoms with E-state index < -0.39 is 32.0 Å². The number of halogens is 4. The van der Waals surface area contributed by atoms with Crippen molar-refractivity contribution in [3.8, 4) is 11.3 Å². The van der Waals surface area contributed by atoms with Gasteiger partial charge in [0, 0.05) is 21.7 Å². The van der Waals surface area contributed by atoms with Gasteiger partial charge in [0.2, 0.25) is 15.9 Å². The van der Waals surface area contributed by atoms with Crippen LogP contribution in [0.5, 0.6) is 0 Å². The number of nitrogens with one attached hydrogen (secondary N) is 1. The minimum atomic E-state index is -4.66. The number of carbonyl (C=O) groups is 1. The Morgan fingerprint density at radius 3 is 2.50 bits per heavy atom. The van der Waals surface area contributed by atoms with Gasteiger partial charge in [-0.25, -0.2) is 18.5 Å². The van der Waals surface area contributed by atoms with Gasteiger partial charge in [-0.3, -0.25) is 4.79 Å². The topological polar surface area (TPSA) is 102 Å². The molecule has 0 aliphatic heterocycles. The first-order valence-corrected chi connectivity index (χ1v) is 11.0. The molecule has 0 spiro atoms. The zero-order valence-electron chi connectivity index (χ0n) is 14.9.